The summed E-state index contributed by atoms with van der Waals surface area (Å²) in [6.07, 6.45) is 0. The molecule has 116 valence electrons. The van der Waals surface area contributed by atoms with Gasteiger partial charge in [-0.2, -0.15) is 8.42 Å². The van der Waals surface area contributed by atoms with Crippen molar-refractivity contribution >= 4 is 15.9 Å². The summed E-state index contributed by atoms with van der Waals surface area (Å²) < 4.78 is 29.4. The number of carbonyl (C=O) groups is 1. The summed E-state index contributed by atoms with van der Waals surface area (Å²) in [4.78, 5) is 12.3. The molecule has 0 saturated carbocycles. The highest BCUT2D eigenvalue weighted by Crippen LogP contribution is 2.18. The average Bonchev–Trinajstić information content (AvgIpc) is 2.53. The Balaban J connectivity index is 2.06. The molecule has 2 rings (SSSR count). The Morgan fingerprint density at radius 1 is 1.05 bits per heavy atom. The van der Waals surface area contributed by atoms with Gasteiger partial charge in [-0.15, -0.1) is 0 Å². The summed E-state index contributed by atoms with van der Waals surface area (Å²) in [5, 5.41) is 0. The first-order chi connectivity index (χ1) is 10.4. The lowest BCUT2D eigenvalue weighted by molar-refractivity contribution is 0.0893. The van der Waals surface area contributed by atoms with E-state index in [1.807, 2.05) is 6.07 Å². The summed E-state index contributed by atoms with van der Waals surface area (Å²) in [6.45, 7) is 3.18. The summed E-state index contributed by atoms with van der Waals surface area (Å²) in [5.74, 6) is -0.679. The van der Waals surface area contributed by atoms with Crippen LogP contribution in [0.4, 0.5) is 0 Å². The molecule has 1 atom stereocenters. The van der Waals surface area contributed by atoms with Gasteiger partial charge >= 0.3 is 0 Å². The fourth-order valence-corrected chi connectivity index (χ4v) is 3.27. The van der Waals surface area contributed by atoms with E-state index >= 15 is 0 Å². The predicted molar refractivity (Wildman–Crippen MR) is 84.3 cm³/mol. The van der Waals surface area contributed by atoms with Gasteiger partial charge in [0.25, 0.3) is 10.1 Å². The Bertz CT molecular complexity index is 751. The third-order valence-electron chi connectivity index (χ3n) is 3.34. The lowest BCUT2D eigenvalue weighted by Crippen LogP contribution is -2.20. The minimum absolute atomic E-state index is 0.134. The highest BCUT2D eigenvalue weighted by Gasteiger charge is 2.22. The average molecular weight is 318 g/mol. The van der Waals surface area contributed by atoms with Crippen molar-refractivity contribution in [2.24, 2.45) is 5.92 Å². The molecule has 0 aliphatic rings. The molecule has 22 heavy (non-hydrogen) atoms. The van der Waals surface area contributed by atoms with E-state index in [1.54, 1.807) is 56.3 Å². The topological polar surface area (TPSA) is 60.4 Å². The Morgan fingerprint density at radius 2 is 1.64 bits per heavy atom. The highest BCUT2D eigenvalue weighted by atomic mass is 32.2. The number of aryl methyl sites for hydroxylation is 1. The van der Waals surface area contributed by atoms with E-state index in [0.717, 1.165) is 0 Å². The van der Waals surface area contributed by atoms with Gasteiger partial charge in [0.2, 0.25) is 0 Å². The van der Waals surface area contributed by atoms with Crippen molar-refractivity contribution in [2.45, 2.75) is 18.7 Å². The fraction of sp³-hybridized carbons (Fsp3) is 0.235. The van der Waals surface area contributed by atoms with Crippen LogP contribution in [0.5, 0.6) is 0 Å². The summed E-state index contributed by atoms with van der Waals surface area (Å²) in [5.41, 5.74) is 1.16. The molecule has 0 radical (unpaired) electrons. The minimum Gasteiger partial charge on any atom is -0.294 e. The van der Waals surface area contributed by atoms with Crippen molar-refractivity contribution in [1.29, 1.82) is 0 Å². The molecule has 0 amide bonds. The van der Waals surface area contributed by atoms with Gasteiger partial charge in [0.05, 0.1) is 11.5 Å². The maximum atomic E-state index is 12.2. The quantitative estimate of drug-likeness (QED) is 0.606. The Kier molecular flexibility index (Phi) is 5.11. The molecule has 0 bridgehead atoms. The second-order valence-corrected chi connectivity index (χ2v) is 6.72. The van der Waals surface area contributed by atoms with Gasteiger partial charge in [-0.1, -0.05) is 55.5 Å². The maximum Gasteiger partial charge on any atom is 0.297 e. The predicted octanol–water partition coefficient (Wildman–Crippen LogP) is 3.22. The highest BCUT2D eigenvalue weighted by molar-refractivity contribution is 7.86. The van der Waals surface area contributed by atoms with E-state index in [-0.39, 0.29) is 17.3 Å². The standard InChI is InChI=1S/C17H18O4S/c1-13-8-6-7-11-16(13)22(19,20)21-12-14(2)17(18)15-9-4-3-5-10-15/h3-11,14H,12H2,1-2H3. The van der Waals surface area contributed by atoms with E-state index in [0.29, 0.717) is 11.1 Å². The lowest BCUT2D eigenvalue weighted by atomic mass is 10.0. The SMILES string of the molecule is Cc1ccccc1S(=O)(=O)OCC(C)C(=O)c1ccccc1. The Labute approximate surface area is 130 Å². The number of Topliss-reactive ketones (excluding diaryl/α,β-unsaturated/α-hetero) is 1. The normalized spacial score (nSPS) is 12.8. The molecular weight excluding hydrogens is 300 g/mol. The van der Waals surface area contributed by atoms with Crippen LogP contribution in [0.15, 0.2) is 59.5 Å². The van der Waals surface area contributed by atoms with E-state index in [1.165, 1.54) is 6.07 Å². The number of hydrogen-bond donors (Lipinski definition) is 0. The van der Waals surface area contributed by atoms with Gasteiger partial charge < -0.3 is 0 Å². The molecule has 4 nitrogen and oxygen atoms in total. The second-order valence-electron chi connectivity index (χ2n) is 5.14. The molecule has 0 heterocycles. The molecule has 0 saturated heterocycles. The number of rotatable bonds is 6. The van der Waals surface area contributed by atoms with Gasteiger partial charge in [-0.05, 0) is 18.6 Å². The van der Waals surface area contributed by atoms with Crippen molar-refractivity contribution in [3.63, 3.8) is 0 Å². The Hall–Kier alpha value is -1.98. The number of ketones is 1. The van der Waals surface area contributed by atoms with Crippen molar-refractivity contribution in [3.05, 3.63) is 65.7 Å². The fourth-order valence-electron chi connectivity index (χ4n) is 2.05. The van der Waals surface area contributed by atoms with Crippen molar-refractivity contribution < 1.29 is 17.4 Å². The second kappa shape index (κ2) is 6.85. The van der Waals surface area contributed by atoms with Gasteiger partial charge in [0, 0.05) is 11.5 Å². The van der Waals surface area contributed by atoms with Gasteiger partial charge in [0.15, 0.2) is 5.78 Å². The summed E-state index contributed by atoms with van der Waals surface area (Å²) in [7, 11) is -3.85. The number of benzene rings is 2. The number of hydrogen-bond acceptors (Lipinski definition) is 4. The van der Waals surface area contributed by atoms with Crippen LogP contribution >= 0.6 is 0 Å². The van der Waals surface area contributed by atoms with E-state index in [9.17, 15) is 13.2 Å². The van der Waals surface area contributed by atoms with Gasteiger partial charge in [0.1, 0.15) is 0 Å². The van der Waals surface area contributed by atoms with Crippen LogP contribution in [0.1, 0.15) is 22.8 Å². The Morgan fingerprint density at radius 3 is 2.27 bits per heavy atom. The lowest BCUT2D eigenvalue weighted by Gasteiger charge is -2.12. The molecule has 0 aromatic heterocycles. The largest absolute Gasteiger partial charge is 0.297 e. The molecular formula is C17H18O4S. The molecule has 0 spiro atoms. The third-order valence-corrected chi connectivity index (χ3v) is 4.79. The molecule has 2 aromatic rings. The minimum atomic E-state index is -3.85. The van der Waals surface area contributed by atoms with Gasteiger partial charge in [-0.3, -0.25) is 8.98 Å². The molecule has 0 N–H and O–H groups in total. The van der Waals surface area contributed by atoms with E-state index < -0.39 is 16.0 Å². The monoisotopic (exact) mass is 318 g/mol. The maximum absolute atomic E-state index is 12.2. The smallest absolute Gasteiger partial charge is 0.294 e. The summed E-state index contributed by atoms with van der Waals surface area (Å²) >= 11 is 0. The van der Waals surface area contributed by atoms with Crippen LogP contribution < -0.4 is 0 Å². The van der Waals surface area contributed by atoms with Crippen LogP contribution in [0.2, 0.25) is 0 Å². The van der Waals surface area contributed by atoms with Crippen LogP contribution in [0.25, 0.3) is 0 Å². The molecule has 0 aliphatic carbocycles. The first-order valence-electron chi connectivity index (χ1n) is 6.96. The zero-order valence-electron chi connectivity index (χ0n) is 12.5. The van der Waals surface area contributed by atoms with E-state index in [2.05, 4.69) is 0 Å². The molecule has 5 heteroatoms. The zero-order valence-corrected chi connectivity index (χ0v) is 13.3. The summed E-state index contributed by atoms with van der Waals surface area (Å²) in [6, 6.07) is 15.4. The van der Waals surface area contributed by atoms with Gasteiger partial charge in [-0.25, -0.2) is 0 Å². The first-order valence-corrected chi connectivity index (χ1v) is 8.37. The van der Waals surface area contributed by atoms with Crippen LogP contribution in [-0.4, -0.2) is 20.8 Å². The van der Waals surface area contributed by atoms with Crippen LogP contribution in [0.3, 0.4) is 0 Å². The third kappa shape index (κ3) is 3.81. The van der Waals surface area contributed by atoms with Crippen LogP contribution in [-0.2, 0) is 14.3 Å². The van der Waals surface area contributed by atoms with Crippen molar-refractivity contribution in [1.82, 2.24) is 0 Å². The van der Waals surface area contributed by atoms with Crippen molar-refractivity contribution in [2.75, 3.05) is 6.61 Å². The number of carbonyl (C=O) groups excluding carboxylic acids is 1. The first kappa shape index (κ1) is 16.4. The van der Waals surface area contributed by atoms with E-state index in [4.69, 9.17) is 4.18 Å². The molecule has 1 unspecified atom stereocenters. The van der Waals surface area contributed by atoms with Crippen LogP contribution in [0, 0.1) is 12.8 Å². The molecule has 2 aromatic carbocycles. The molecule has 0 fully saturated rings. The zero-order chi connectivity index (χ0) is 16.2. The molecule has 0 aliphatic heterocycles. The van der Waals surface area contributed by atoms with Crippen molar-refractivity contribution in [3.8, 4) is 0 Å².